The summed E-state index contributed by atoms with van der Waals surface area (Å²) in [7, 11) is 1.37. The fourth-order valence-corrected chi connectivity index (χ4v) is 3.63. The second-order valence-corrected chi connectivity index (χ2v) is 7.12. The topological polar surface area (TPSA) is 58.6 Å². The zero-order valence-corrected chi connectivity index (χ0v) is 14.8. The minimum absolute atomic E-state index is 0.0000154. The highest BCUT2D eigenvalue weighted by Crippen LogP contribution is 2.20. The largest absolute Gasteiger partial charge is 0.468 e. The number of benzene rings is 1. The normalized spacial score (nSPS) is 19.3. The maximum Gasteiger partial charge on any atom is 0.320 e. The third-order valence-electron chi connectivity index (χ3n) is 3.81. The summed E-state index contributed by atoms with van der Waals surface area (Å²) in [6, 6.07) is 7.59. The quantitative estimate of drug-likeness (QED) is 0.819. The molecule has 1 amide bonds. The van der Waals surface area contributed by atoms with E-state index in [0.717, 1.165) is 11.3 Å². The van der Waals surface area contributed by atoms with Gasteiger partial charge in [0.25, 0.3) is 0 Å². The highest BCUT2D eigenvalue weighted by Gasteiger charge is 2.29. The van der Waals surface area contributed by atoms with Crippen LogP contribution in [0.4, 0.5) is 0 Å². The number of thioether (sulfide) groups is 1. The summed E-state index contributed by atoms with van der Waals surface area (Å²) in [6.45, 7) is 3.31. The van der Waals surface area contributed by atoms with E-state index >= 15 is 0 Å². The maximum absolute atomic E-state index is 12.3. The molecule has 1 aliphatic heterocycles. The highest BCUT2D eigenvalue weighted by atomic mass is 35.5. The van der Waals surface area contributed by atoms with E-state index in [0.29, 0.717) is 18.1 Å². The first-order valence-electron chi connectivity index (χ1n) is 7.47. The number of carbonyl (C=O) groups is 2. The van der Waals surface area contributed by atoms with Crippen LogP contribution in [0.2, 0.25) is 5.02 Å². The van der Waals surface area contributed by atoms with E-state index in [2.05, 4.69) is 5.32 Å². The summed E-state index contributed by atoms with van der Waals surface area (Å²) in [5, 5.41) is 3.62. The molecule has 23 heavy (non-hydrogen) atoms. The van der Waals surface area contributed by atoms with Crippen LogP contribution >= 0.6 is 23.4 Å². The molecule has 1 heterocycles. The minimum atomic E-state index is -0.286. The highest BCUT2D eigenvalue weighted by molar-refractivity contribution is 8.00. The molecule has 2 rings (SSSR count). The minimum Gasteiger partial charge on any atom is -0.468 e. The van der Waals surface area contributed by atoms with Gasteiger partial charge in [0.1, 0.15) is 5.25 Å². The second kappa shape index (κ2) is 8.57. The number of nitrogens with zero attached hydrogens (tertiary/aromatic N) is 1. The third-order valence-corrected chi connectivity index (χ3v) is 5.23. The lowest BCUT2D eigenvalue weighted by atomic mass is 10.1. The lowest BCUT2D eigenvalue weighted by Gasteiger charge is -2.31. The molecule has 5 nitrogen and oxygen atoms in total. The Bertz CT molecular complexity index is 553. The number of halogens is 1. The van der Waals surface area contributed by atoms with Crippen molar-refractivity contribution in [2.75, 3.05) is 32.5 Å². The van der Waals surface area contributed by atoms with Gasteiger partial charge in [-0.1, -0.05) is 23.7 Å². The average Bonchev–Trinajstić information content (AvgIpc) is 2.59. The van der Waals surface area contributed by atoms with E-state index in [1.807, 2.05) is 31.2 Å². The summed E-state index contributed by atoms with van der Waals surface area (Å²) < 4.78 is 4.76. The molecular formula is C16H21ClN2O3S. The number of hydrogen-bond acceptors (Lipinski definition) is 5. The zero-order chi connectivity index (χ0) is 16.8. The second-order valence-electron chi connectivity index (χ2n) is 5.38. The van der Waals surface area contributed by atoms with Crippen LogP contribution in [0.15, 0.2) is 24.3 Å². The van der Waals surface area contributed by atoms with E-state index < -0.39 is 0 Å². The molecule has 0 radical (unpaired) electrons. The molecule has 0 aromatic heterocycles. The number of methoxy groups -OCH3 is 1. The van der Waals surface area contributed by atoms with Gasteiger partial charge in [-0.25, -0.2) is 0 Å². The Balaban J connectivity index is 1.84. The first-order valence-corrected chi connectivity index (χ1v) is 8.90. The van der Waals surface area contributed by atoms with Crippen LogP contribution in [0.1, 0.15) is 18.5 Å². The van der Waals surface area contributed by atoms with Crippen molar-refractivity contribution < 1.29 is 14.3 Å². The average molecular weight is 357 g/mol. The Kier molecular flexibility index (Phi) is 6.74. The van der Waals surface area contributed by atoms with Gasteiger partial charge in [0.15, 0.2) is 0 Å². The predicted molar refractivity (Wildman–Crippen MR) is 92.7 cm³/mol. The van der Waals surface area contributed by atoms with E-state index in [4.69, 9.17) is 16.3 Å². The van der Waals surface area contributed by atoms with Gasteiger partial charge in [0, 0.05) is 29.9 Å². The van der Waals surface area contributed by atoms with Crippen LogP contribution in [0, 0.1) is 0 Å². The number of carbonyl (C=O) groups excluding carboxylic acids is 2. The van der Waals surface area contributed by atoms with E-state index in [1.54, 1.807) is 4.90 Å². The molecule has 1 aromatic rings. The molecule has 126 valence electrons. The van der Waals surface area contributed by atoms with Crippen LogP contribution in [0.3, 0.4) is 0 Å². The monoisotopic (exact) mass is 356 g/mol. The van der Waals surface area contributed by atoms with Crippen molar-refractivity contribution in [1.82, 2.24) is 10.2 Å². The summed E-state index contributed by atoms with van der Waals surface area (Å²) in [5.74, 6) is 0.480. The predicted octanol–water partition coefficient (Wildman–Crippen LogP) is 2.11. The fraction of sp³-hybridized carbons (Fsp3) is 0.500. The molecule has 0 saturated carbocycles. The van der Waals surface area contributed by atoms with Gasteiger partial charge >= 0.3 is 5.97 Å². The molecule has 0 spiro atoms. The Morgan fingerprint density at radius 3 is 2.78 bits per heavy atom. The Hall–Kier alpha value is -1.24. The summed E-state index contributed by atoms with van der Waals surface area (Å²) in [4.78, 5) is 25.7. The number of rotatable bonds is 5. The number of ether oxygens (including phenoxy) is 1. The van der Waals surface area contributed by atoms with Gasteiger partial charge < -0.3 is 15.0 Å². The molecule has 0 bridgehead atoms. The third kappa shape index (κ3) is 5.12. The van der Waals surface area contributed by atoms with Crippen LogP contribution in [-0.2, 0) is 14.3 Å². The number of amides is 1. The van der Waals surface area contributed by atoms with E-state index in [9.17, 15) is 9.59 Å². The molecule has 0 unspecified atom stereocenters. The Morgan fingerprint density at radius 2 is 2.13 bits per heavy atom. The van der Waals surface area contributed by atoms with E-state index in [1.165, 1.54) is 18.9 Å². The van der Waals surface area contributed by atoms with Crippen molar-refractivity contribution in [3.63, 3.8) is 0 Å². The molecule has 1 fully saturated rings. The van der Waals surface area contributed by atoms with Gasteiger partial charge in [0.05, 0.1) is 13.7 Å². The lowest BCUT2D eigenvalue weighted by molar-refractivity contribution is -0.141. The van der Waals surface area contributed by atoms with Crippen molar-refractivity contribution in [2.24, 2.45) is 0 Å². The van der Waals surface area contributed by atoms with Crippen molar-refractivity contribution in [1.29, 1.82) is 0 Å². The molecule has 0 aliphatic carbocycles. The zero-order valence-electron chi connectivity index (χ0n) is 13.3. The van der Waals surface area contributed by atoms with Crippen molar-refractivity contribution >= 4 is 35.2 Å². The van der Waals surface area contributed by atoms with Crippen molar-refractivity contribution in [3.05, 3.63) is 34.9 Å². The Labute approximate surface area is 145 Å². The van der Waals surface area contributed by atoms with Crippen LogP contribution in [0.25, 0.3) is 0 Å². The molecule has 1 aromatic carbocycles. The molecule has 7 heteroatoms. The van der Waals surface area contributed by atoms with Gasteiger partial charge in [-0.2, -0.15) is 0 Å². The molecule has 1 aliphatic rings. The van der Waals surface area contributed by atoms with Crippen LogP contribution in [-0.4, -0.2) is 54.5 Å². The molecule has 1 saturated heterocycles. The number of esters is 1. The first kappa shape index (κ1) is 18.1. The standard InChI is InChI=1S/C16H21ClN2O3S/c1-11(12-3-5-13(17)6-4-12)18-9-15(20)19-7-8-23-14(10-19)16(21)22-2/h3-6,11,14,18H,7-10H2,1-2H3/t11-,14-/m1/s1. The lowest BCUT2D eigenvalue weighted by Crippen LogP contribution is -2.48. The Morgan fingerprint density at radius 1 is 1.43 bits per heavy atom. The maximum atomic E-state index is 12.3. The fourth-order valence-electron chi connectivity index (χ4n) is 2.37. The van der Waals surface area contributed by atoms with Crippen LogP contribution < -0.4 is 5.32 Å². The van der Waals surface area contributed by atoms with Crippen molar-refractivity contribution in [2.45, 2.75) is 18.2 Å². The summed E-state index contributed by atoms with van der Waals surface area (Å²) >= 11 is 7.41. The SMILES string of the molecule is COC(=O)[C@H]1CN(C(=O)CN[C@H](C)c2ccc(Cl)cc2)CCS1. The number of nitrogens with one attached hydrogen (secondary N) is 1. The smallest absolute Gasteiger partial charge is 0.320 e. The van der Waals surface area contributed by atoms with Gasteiger partial charge in [0.2, 0.25) is 5.91 Å². The van der Waals surface area contributed by atoms with Crippen molar-refractivity contribution in [3.8, 4) is 0 Å². The molecule has 2 atom stereocenters. The van der Waals surface area contributed by atoms with Gasteiger partial charge in [-0.05, 0) is 24.6 Å². The first-order chi connectivity index (χ1) is 11.0. The molecular weight excluding hydrogens is 336 g/mol. The van der Waals surface area contributed by atoms with Gasteiger partial charge in [-0.15, -0.1) is 11.8 Å². The summed E-state index contributed by atoms with van der Waals surface area (Å²) in [5.41, 5.74) is 1.07. The number of hydrogen-bond donors (Lipinski definition) is 1. The molecule has 1 N–H and O–H groups in total. The van der Waals surface area contributed by atoms with Crippen LogP contribution in [0.5, 0.6) is 0 Å². The van der Waals surface area contributed by atoms with Gasteiger partial charge in [-0.3, -0.25) is 9.59 Å². The summed E-state index contributed by atoms with van der Waals surface area (Å²) in [6.07, 6.45) is 0. The van der Waals surface area contributed by atoms with E-state index in [-0.39, 0.29) is 29.7 Å².